The van der Waals surface area contributed by atoms with Crippen LogP contribution in [0.15, 0.2) is 60.9 Å². The van der Waals surface area contributed by atoms with Crippen LogP contribution < -0.4 is 17.0 Å². The molecule has 1 aromatic heterocycles. The molecule has 3 aromatic rings. The fourth-order valence-corrected chi connectivity index (χ4v) is 3.75. The molecule has 158 valence electrons. The molecule has 0 radical (unpaired) electrons. The van der Waals surface area contributed by atoms with Gasteiger partial charge in [0.25, 0.3) is 0 Å². The van der Waals surface area contributed by atoms with E-state index in [0.29, 0.717) is 6.73 Å². The molecule has 0 aliphatic rings. The third kappa shape index (κ3) is 7.49. The Morgan fingerprint density at radius 3 is 2.21 bits per heavy atom. The molecule has 0 N–H and O–H groups in total. The zero-order valence-corrected chi connectivity index (χ0v) is 18.5. The summed E-state index contributed by atoms with van der Waals surface area (Å²) < 4.78 is 10.5. The Bertz CT molecular complexity index is 816. The summed E-state index contributed by atoms with van der Waals surface area (Å²) in [5, 5.41) is 0. The van der Waals surface area contributed by atoms with Crippen molar-refractivity contribution in [2.75, 3.05) is 6.61 Å². The maximum atomic E-state index is 5.99. The molecule has 0 bridgehead atoms. The average Bonchev–Trinajstić information content (AvgIpc) is 3.08. The van der Waals surface area contributed by atoms with Gasteiger partial charge in [0.1, 0.15) is 6.54 Å². The smallest absolute Gasteiger partial charge is 0.246 e. The van der Waals surface area contributed by atoms with E-state index >= 15 is 0 Å². The number of fused-ring (bicyclic) bond motifs is 1. The topological polar surface area (TPSA) is 18.0 Å². The van der Waals surface area contributed by atoms with Gasteiger partial charge in [0.15, 0.2) is 17.8 Å². The zero-order valence-electron chi connectivity index (χ0n) is 17.7. The lowest BCUT2D eigenvalue weighted by Crippen LogP contribution is -3.00. The number of unbranched alkanes of at least 4 members (excludes halogenated alkanes) is 7. The third-order valence-electron chi connectivity index (χ3n) is 5.35. The molecule has 0 atom stereocenters. The average molecular weight is 415 g/mol. The van der Waals surface area contributed by atoms with Crippen molar-refractivity contribution in [3.05, 3.63) is 66.5 Å². The van der Waals surface area contributed by atoms with Crippen molar-refractivity contribution in [1.82, 2.24) is 4.57 Å². The molecular formula is C25H35ClN2O. The number of para-hydroxylation sites is 2. The molecule has 3 nitrogen and oxygen atoms in total. The van der Waals surface area contributed by atoms with Gasteiger partial charge < -0.3 is 17.1 Å². The zero-order chi connectivity index (χ0) is 19.4. The van der Waals surface area contributed by atoms with Gasteiger partial charge in [-0.15, -0.1) is 0 Å². The van der Waals surface area contributed by atoms with Crippen LogP contribution in [0.3, 0.4) is 0 Å². The van der Waals surface area contributed by atoms with Gasteiger partial charge in [-0.25, -0.2) is 9.13 Å². The molecular weight excluding hydrogens is 380 g/mol. The van der Waals surface area contributed by atoms with Crippen LogP contribution in [0.25, 0.3) is 11.0 Å². The molecule has 2 aromatic carbocycles. The summed E-state index contributed by atoms with van der Waals surface area (Å²) in [4.78, 5) is 0. The molecule has 0 unspecified atom stereocenters. The first kappa shape index (κ1) is 23.4. The molecule has 0 saturated heterocycles. The number of aromatic nitrogens is 2. The van der Waals surface area contributed by atoms with Gasteiger partial charge in [-0.2, -0.15) is 0 Å². The second kappa shape index (κ2) is 13.4. The molecule has 1 heterocycles. The van der Waals surface area contributed by atoms with Crippen molar-refractivity contribution in [3.8, 4) is 0 Å². The maximum Gasteiger partial charge on any atom is 0.246 e. The van der Waals surface area contributed by atoms with Crippen LogP contribution in [0.4, 0.5) is 0 Å². The van der Waals surface area contributed by atoms with Crippen molar-refractivity contribution in [2.24, 2.45) is 0 Å². The number of rotatable bonds is 13. The summed E-state index contributed by atoms with van der Waals surface area (Å²) in [7, 11) is 0. The first-order valence-electron chi connectivity index (χ1n) is 11.0. The minimum atomic E-state index is 0. The SMILES string of the molecule is CCCCCCCCCCOCn1c[n+](Cc2ccccc2)c2ccccc21.[Cl-]. The first-order chi connectivity index (χ1) is 13.9. The highest BCUT2D eigenvalue weighted by Gasteiger charge is 2.15. The van der Waals surface area contributed by atoms with Gasteiger partial charge in [-0.1, -0.05) is 94.3 Å². The van der Waals surface area contributed by atoms with Crippen LogP contribution in [0.5, 0.6) is 0 Å². The van der Waals surface area contributed by atoms with Crippen LogP contribution in [0.1, 0.15) is 63.9 Å². The Balaban J connectivity index is 0.00000300. The van der Waals surface area contributed by atoms with Gasteiger partial charge in [-0.05, 0) is 24.1 Å². The Morgan fingerprint density at radius 1 is 0.793 bits per heavy atom. The van der Waals surface area contributed by atoms with E-state index in [2.05, 4.69) is 77.0 Å². The lowest BCUT2D eigenvalue weighted by Gasteiger charge is -2.03. The van der Waals surface area contributed by atoms with Crippen LogP contribution >= 0.6 is 0 Å². The van der Waals surface area contributed by atoms with Crippen LogP contribution in [-0.4, -0.2) is 11.2 Å². The monoisotopic (exact) mass is 414 g/mol. The predicted molar refractivity (Wildman–Crippen MR) is 116 cm³/mol. The maximum absolute atomic E-state index is 5.99. The number of halogens is 1. The second-order valence-electron chi connectivity index (χ2n) is 7.70. The fraction of sp³-hybridized carbons (Fsp3) is 0.480. The highest BCUT2D eigenvalue weighted by Crippen LogP contribution is 2.13. The fourth-order valence-electron chi connectivity index (χ4n) is 3.75. The Kier molecular flexibility index (Phi) is 10.8. The van der Waals surface area contributed by atoms with E-state index in [4.69, 9.17) is 4.74 Å². The van der Waals surface area contributed by atoms with Gasteiger partial charge in [-0.3, -0.25) is 0 Å². The largest absolute Gasteiger partial charge is 1.00 e. The van der Waals surface area contributed by atoms with Crippen molar-refractivity contribution in [2.45, 2.75) is 71.6 Å². The summed E-state index contributed by atoms with van der Waals surface area (Å²) in [5.41, 5.74) is 3.80. The number of hydrogen-bond acceptors (Lipinski definition) is 1. The van der Waals surface area contributed by atoms with E-state index in [9.17, 15) is 0 Å². The van der Waals surface area contributed by atoms with Crippen LogP contribution in [0, 0.1) is 0 Å². The molecule has 0 aliphatic heterocycles. The Labute approximate surface area is 182 Å². The van der Waals surface area contributed by atoms with E-state index in [1.807, 2.05) is 0 Å². The van der Waals surface area contributed by atoms with E-state index < -0.39 is 0 Å². The van der Waals surface area contributed by atoms with Gasteiger partial charge in [0, 0.05) is 0 Å². The number of imidazole rings is 1. The van der Waals surface area contributed by atoms with Gasteiger partial charge >= 0.3 is 0 Å². The number of hydrogen-bond donors (Lipinski definition) is 0. The Hall–Kier alpha value is -1.84. The third-order valence-corrected chi connectivity index (χ3v) is 5.35. The molecule has 0 aliphatic carbocycles. The molecule has 0 amide bonds. The summed E-state index contributed by atoms with van der Waals surface area (Å²) in [6.07, 6.45) is 12.9. The van der Waals surface area contributed by atoms with Crippen molar-refractivity contribution in [3.63, 3.8) is 0 Å². The van der Waals surface area contributed by atoms with Crippen molar-refractivity contribution >= 4 is 11.0 Å². The summed E-state index contributed by atoms with van der Waals surface area (Å²) >= 11 is 0. The number of benzene rings is 2. The van der Waals surface area contributed by atoms with Crippen LogP contribution in [0.2, 0.25) is 0 Å². The number of nitrogens with zero attached hydrogens (tertiary/aromatic N) is 2. The van der Waals surface area contributed by atoms with Crippen LogP contribution in [-0.2, 0) is 18.0 Å². The van der Waals surface area contributed by atoms with Gasteiger partial charge in [0.05, 0.1) is 6.61 Å². The quantitative estimate of drug-likeness (QED) is 0.310. The lowest BCUT2D eigenvalue weighted by atomic mass is 10.1. The molecule has 4 heteroatoms. The first-order valence-corrected chi connectivity index (χ1v) is 11.0. The molecule has 3 rings (SSSR count). The second-order valence-corrected chi connectivity index (χ2v) is 7.70. The van der Waals surface area contributed by atoms with E-state index in [-0.39, 0.29) is 12.4 Å². The highest BCUT2D eigenvalue weighted by atomic mass is 35.5. The predicted octanol–water partition coefficient (Wildman–Crippen LogP) is 3.10. The molecule has 0 fully saturated rings. The van der Waals surface area contributed by atoms with E-state index in [1.165, 1.54) is 61.5 Å². The Morgan fingerprint density at radius 2 is 1.45 bits per heavy atom. The minimum absolute atomic E-state index is 0. The summed E-state index contributed by atoms with van der Waals surface area (Å²) in [5.74, 6) is 0. The van der Waals surface area contributed by atoms with Crippen molar-refractivity contribution in [1.29, 1.82) is 0 Å². The van der Waals surface area contributed by atoms with E-state index in [1.54, 1.807) is 0 Å². The van der Waals surface area contributed by atoms with Crippen molar-refractivity contribution < 1.29 is 21.7 Å². The minimum Gasteiger partial charge on any atom is -1.00 e. The van der Waals surface area contributed by atoms with E-state index in [0.717, 1.165) is 19.6 Å². The lowest BCUT2D eigenvalue weighted by molar-refractivity contribution is -0.663. The standard InChI is InChI=1S/C25H35N2O.ClH/c1-2-3-4-5-6-7-8-14-19-28-22-27-21-26(20-23-15-10-9-11-16-23)24-17-12-13-18-25(24)27;/h9-13,15-18,21H,2-8,14,19-20,22H2,1H3;1H/q+1;/p-1. The highest BCUT2D eigenvalue weighted by molar-refractivity contribution is 5.71. The molecule has 29 heavy (non-hydrogen) atoms. The normalized spacial score (nSPS) is 10.9. The molecule has 0 spiro atoms. The van der Waals surface area contributed by atoms with Gasteiger partial charge in [0.2, 0.25) is 6.33 Å². The molecule has 0 saturated carbocycles. The summed E-state index contributed by atoms with van der Waals surface area (Å²) in [6, 6.07) is 19.2. The number of ether oxygens (including phenoxy) is 1. The summed E-state index contributed by atoms with van der Waals surface area (Å²) in [6.45, 7) is 4.62.